The first-order valence-corrected chi connectivity index (χ1v) is 4.93. The number of aromatic carboxylic acids is 1. The van der Waals surface area contributed by atoms with E-state index in [1.807, 2.05) is 6.92 Å². The van der Waals surface area contributed by atoms with Crippen molar-refractivity contribution in [1.82, 2.24) is 0 Å². The summed E-state index contributed by atoms with van der Waals surface area (Å²) in [4.78, 5) is 10.7. The fourth-order valence-electron chi connectivity index (χ4n) is 1.42. The maximum absolute atomic E-state index is 10.7. The number of benzene rings is 1. The summed E-state index contributed by atoms with van der Waals surface area (Å²) in [5.74, 6) is -1.02. The predicted octanol–water partition coefficient (Wildman–Crippen LogP) is 1.41. The SMILES string of the molecule is COCC(C)Nc1ccc(C(=O)O)c(N)c1. The molecule has 0 saturated carbocycles. The summed E-state index contributed by atoms with van der Waals surface area (Å²) in [6.45, 7) is 2.53. The zero-order valence-electron chi connectivity index (χ0n) is 9.36. The van der Waals surface area contributed by atoms with Gasteiger partial charge in [-0.25, -0.2) is 4.79 Å². The van der Waals surface area contributed by atoms with E-state index in [9.17, 15) is 4.79 Å². The summed E-state index contributed by atoms with van der Waals surface area (Å²) in [6, 6.07) is 4.92. The molecule has 0 bridgehead atoms. The second kappa shape index (κ2) is 5.37. The molecular weight excluding hydrogens is 208 g/mol. The van der Waals surface area contributed by atoms with E-state index in [1.54, 1.807) is 19.2 Å². The topological polar surface area (TPSA) is 84.6 Å². The van der Waals surface area contributed by atoms with Crippen LogP contribution in [0.3, 0.4) is 0 Å². The summed E-state index contributed by atoms with van der Waals surface area (Å²) in [7, 11) is 1.63. The number of nitrogens with two attached hydrogens (primary N) is 1. The van der Waals surface area contributed by atoms with E-state index in [-0.39, 0.29) is 17.3 Å². The van der Waals surface area contributed by atoms with E-state index in [0.717, 1.165) is 5.69 Å². The van der Waals surface area contributed by atoms with Gasteiger partial charge in [0.2, 0.25) is 0 Å². The monoisotopic (exact) mass is 224 g/mol. The van der Waals surface area contributed by atoms with Crippen LogP contribution < -0.4 is 11.1 Å². The van der Waals surface area contributed by atoms with Gasteiger partial charge in [-0.05, 0) is 25.1 Å². The lowest BCUT2D eigenvalue weighted by molar-refractivity contribution is 0.0698. The summed E-state index contributed by atoms with van der Waals surface area (Å²) in [5.41, 5.74) is 6.77. The number of anilines is 2. The Kier molecular flexibility index (Phi) is 4.13. The summed E-state index contributed by atoms with van der Waals surface area (Å²) < 4.78 is 4.98. The molecule has 0 fully saturated rings. The molecule has 5 heteroatoms. The van der Waals surface area contributed by atoms with Crippen LogP contribution in [0.5, 0.6) is 0 Å². The highest BCUT2D eigenvalue weighted by Gasteiger charge is 2.08. The summed E-state index contributed by atoms with van der Waals surface area (Å²) in [6.07, 6.45) is 0. The molecule has 1 aromatic rings. The number of carboxylic acids is 1. The van der Waals surface area contributed by atoms with Gasteiger partial charge in [0.25, 0.3) is 0 Å². The van der Waals surface area contributed by atoms with E-state index < -0.39 is 5.97 Å². The first kappa shape index (κ1) is 12.3. The van der Waals surface area contributed by atoms with Crippen molar-refractivity contribution in [1.29, 1.82) is 0 Å². The molecule has 1 unspecified atom stereocenters. The molecule has 0 aliphatic heterocycles. The number of hydrogen-bond donors (Lipinski definition) is 3. The van der Waals surface area contributed by atoms with Gasteiger partial charge in [0.1, 0.15) is 0 Å². The molecule has 1 aromatic carbocycles. The van der Waals surface area contributed by atoms with Crippen LogP contribution in [-0.4, -0.2) is 30.8 Å². The van der Waals surface area contributed by atoms with E-state index >= 15 is 0 Å². The first-order valence-electron chi connectivity index (χ1n) is 4.93. The van der Waals surface area contributed by atoms with E-state index in [2.05, 4.69) is 5.32 Å². The normalized spacial score (nSPS) is 12.1. The Morgan fingerprint density at radius 2 is 2.31 bits per heavy atom. The minimum atomic E-state index is -1.02. The van der Waals surface area contributed by atoms with Crippen LogP contribution in [0.1, 0.15) is 17.3 Å². The third kappa shape index (κ3) is 3.13. The van der Waals surface area contributed by atoms with Crippen LogP contribution in [0.2, 0.25) is 0 Å². The molecule has 88 valence electrons. The number of hydrogen-bond acceptors (Lipinski definition) is 4. The molecule has 0 aliphatic rings. The van der Waals surface area contributed by atoms with Gasteiger partial charge in [-0.1, -0.05) is 0 Å². The van der Waals surface area contributed by atoms with Gasteiger partial charge in [0, 0.05) is 24.5 Å². The second-order valence-corrected chi connectivity index (χ2v) is 3.61. The van der Waals surface area contributed by atoms with Crippen molar-refractivity contribution >= 4 is 17.3 Å². The van der Waals surface area contributed by atoms with E-state index in [1.165, 1.54) is 6.07 Å². The molecule has 1 atom stereocenters. The van der Waals surface area contributed by atoms with Crippen LogP contribution in [0, 0.1) is 0 Å². The Morgan fingerprint density at radius 1 is 1.62 bits per heavy atom. The van der Waals surface area contributed by atoms with Gasteiger partial charge < -0.3 is 20.9 Å². The average Bonchev–Trinajstić information content (AvgIpc) is 2.17. The zero-order valence-corrected chi connectivity index (χ0v) is 9.36. The van der Waals surface area contributed by atoms with Gasteiger partial charge in [-0.15, -0.1) is 0 Å². The van der Waals surface area contributed by atoms with Gasteiger partial charge in [-0.3, -0.25) is 0 Å². The number of rotatable bonds is 5. The molecule has 0 aliphatic carbocycles. The van der Waals surface area contributed by atoms with Gasteiger partial charge >= 0.3 is 5.97 Å². The molecule has 1 rings (SSSR count). The van der Waals surface area contributed by atoms with E-state index in [0.29, 0.717) is 6.61 Å². The highest BCUT2D eigenvalue weighted by atomic mass is 16.5. The Morgan fingerprint density at radius 3 is 2.81 bits per heavy atom. The molecule has 0 aromatic heterocycles. The van der Waals surface area contributed by atoms with Crippen molar-refractivity contribution in [3.63, 3.8) is 0 Å². The second-order valence-electron chi connectivity index (χ2n) is 3.61. The molecule has 5 nitrogen and oxygen atoms in total. The van der Waals surface area contributed by atoms with E-state index in [4.69, 9.17) is 15.6 Å². The van der Waals surface area contributed by atoms with Crippen molar-refractivity contribution in [2.45, 2.75) is 13.0 Å². The van der Waals surface area contributed by atoms with Crippen molar-refractivity contribution < 1.29 is 14.6 Å². The zero-order chi connectivity index (χ0) is 12.1. The van der Waals surface area contributed by atoms with Crippen molar-refractivity contribution in [2.24, 2.45) is 0 Å². The molecule has 0 saturated heterocycles. The van der Waals surface area contributed by atoms with Crippen LogP contribution in [0.15, 0.2) is 18.2 Å². The van der Waals surface area contributed by atoms with Gasteiger partial charge in [-0.2, -0.15) is 0 Å². The highest BCUT2D eigenvalue weighted by Crippen LogP contribution is 2.18. The third-order valence-electron chi connectivity index (χ3n) is 2.11. The minimum Gasteiger partial charge on any atom is -0.478 e. The Hall–Kier alpha value is -1.75. The van der Waals surface area contributed by atoms with Crippen molar-refractivity contribution in [3.8, 4) is 0 Å². The molecular formula is C11H16N2O3. The Labute approximate surface area is 94.2 Å². The lowest BCUT2D eigenvalue weighted by Gasteiger charge is -2.14. The number of carbonyl (C=O) groups is 1. The molecule has 0 heterocycles. The molecule has 4 N–H and O–H groups in total. The number of carboxylic acid groups (broad SMARTS) is 1. The number of ether oxygens (including phenoxy) is 1. The maximum atomic E-state index is 10.7. The van der Waals surface area contributed by atoms with Crippen LogP contribution >= 0.6 is 0 Å². The lowest BCUT2D eigenvalue weighted by Crippen LogP contribution is -2.20. The molecule has 16 heavy (non-hydrogen) atoms. The maximum Gasteiger partial charge on any atom is 0.337 e. The minimum absolute atomic E-state index is 0.116. The van der Waals surface area contributed by atoms with Crippen LogP contribution in [-0.2, 0) is 4.74 Å². The molecule has 0 spiro atoms. The lowest BCUT2D eigenvalue weighted by atomic mass is 10.1. The summed E-state index contributed by atoms with van der Waals surface area (Å²) in [5, 5.41) is 12.0. The fourth-order valence-corrected chi connectivity index (χ4v) is 1.42. The third-order valence-corrected chi connectivity index (χ3v) is 2.11. The molecule has 0 radical (unpaired) electrons. The largest absolute Gasteiger partial charge is 0.478 e. The van der Waals surface area contributed by atoms with Crippen LogP contribution in [0.25, 0.3) is 0 Å². The van der Waals surface area contributed by atoms with Gasteiger partial charge in [0.15, 0.2) is 0 Å². The summed E-state index contributed by atoms with van der Waals surface area (Å²) >= 11 is 0. The highest BCUT2D eigenvalue weighted by molar-refractivity contribution is 5.94. The smallest absolute Gasteiger partial charge is 0.337 e. The average molecular weight is 224 g/mol. The van der Waals surface area contributed by atoms with Crippen molar-refractivity contribution in [2.75, 3.05) is 24.8 Å². The predicted molar refractivity (Wildman–Crippen MR) is 62.8 cm³/mol. The molecule has 0 amide bonds. The number of nitrogen functional groups attached to an aromatic ring is 1. The Bertz CT molecular complexity index is 379. The number of nitrogens with one attached hydrogen (secondary N) is 1. The number of methoxy groups -OCH3 is 1. The fraction of sp³-hybridized carbons (Fsp3) is 0.364. The van der Waals surface area contributed by atoms with Gasteiger partial charge in [0.05, 0.1) is 12.2 Å². The standard InChI is InChI=1S/C11H16N2O3/c1-7(6-16-2)13-8-3-4-9(11(14)15)10(12)5-8/h3-5,7,13H,6,12H2,1-2H3,(H,14,15). The quantitative estimate of drug-likeness (QED) is 0.658. The van der Waals surface area contributed by atoms with Crippen LogP contribution in [0.4, 0.5) is 11.4 Å². The first-order chi connectivity index (χ1) is 7.54. The Balaban J connectivity index is 2.77. The van der Waals surface area contributed by atoms with Crippen molar-refractivity contribution in [3.05, 3.63) is 23.8 Å².